The van der Waals surface area contributed by atoms with Crippen molar-refractivity contribution in [2.75, 3.05) is 11.5 Å². The van der Waals surface area contributed by atoms with Gasteiger partial charge in [0.1, 0.15) is 12.4 Å². The van der Waals surface area contributed by atoms with Crippen LogP contribution in [0.4, 0.5) is 11.4 Å². The molecule has 28 heavy (non-hydrogen) atoms. The number of hydrogen-bond donors (Lipinski definition) is 2. The molecule has 0 spiro atoms. The van der Waals surface area contributed by atoms with Gasteiger partial charge in [0.15, 0.2) is 0 Å². The summed E-state index contributed by atoms with van der Waals surface area (Å²) in [5.74, 6) is 0. The van der Waals surface area contributed by atoms with Crippen molar-refractivity contribution >= 4 is 22.3 Å². The third-order valence-electron chi connectivity index (χ3n) is 4.93. The van der Waals surface area contributed by atoms with Crippen molar-refractivity contribution < 1.29 is 0 Å². The van der Waals surface area contributed by atoms with Gasteiger partial charge in [0, 0.05) is 5.56 Å². The van der Waals surface area contributed by atoms with Gasteiger partial charge in [0.2, 0.25) is 0 Å². The van der Waals surface area contributed by atoms with Crippen LogP contribution in [0.1, 0.15) is 11.1 Å². The summed E-state index contributed by atoms with van der Waals surface area (Å²) in [5.41, 5.74) is 16.8. The van der Waals surface area contributed by atoms with E-state index in [0.29, 0.717) is 27.8 Å². The molecule has 0 fully saturated rings. The second-order valence-corrected chi connectivity index (χ2v) is 6.49. The van der Waals surface area contributed by atoms with Crippen molar-refractivity contribution in [1.82, 2.24) is 9.55 Å². The standard InChI is InChI=1S/C22H17N5O/c1-13-15(16-10-9-14(11-23)20(24)21(16)25)6-4-8-19(13)27-12-26-18-7-3-2-5-17(18)22(27)28/h2-10,12H,24-25H2,1H3. The van der Waals surface area contributed by atoms with Gasteiger partial charge < -0.3 is 11.5 Å². The predicted octanol–water partition coefficient (Wildman–Crippen LogP) is 3.40. The summed E-state index contributed by atoms with van der Waals surface area (Å²) < 4.78 is 1.53. The van der Waals surface area contributed by atoms with Gasteiger partial charge in [-0.1, -0.05) is 30.3 Å². The predicted molar refractivity (Wildman–Crippen MR) is 111 cm³/mol. The second-order valence-electron chi connectivity index (χ2n) is 6.49. The first kappa shape index (κ1) is 17.3. The molecule has 4 N–H and O–H groups in total. The fraction of sp³-hybridized carbons (Fsp3) is 0.0455. The minimum absolute atomic E-state index is 0.141. The van der Waals surface area contributed by atoms with E-state index in [9.17, 15) is 4.79 Å². The number of aromatic nitrogens is 2. The first-order valence-electron chi connectivity index (χ1n) is 8.67. The Hall–Kier alpha value is -4.11. The van der Waals surface area contributed by atoms with Gasteiger partial charge in [0.05, 0.1) is 33.5 Å². The van der Waals surface area contributed by atoms with Gasteiger partial charge in [-0.25, -0.2) is 4.98 Å². The minimum atomic E-state index is -0.141. The molecule has 0 radical (unpaired) electrons. The van der Waals surface area contributed by atoms with Gasteiger partial charge in [-0.3, -0.25) is 9.36 Å². The molecule has 6 heteroatoms. The lowest BCUT2D eigenvalue weighted by Crippen LogP contribution is -2.19. The average Bonchev–Trinajstić information content (AvgIpc) is 2.71. The molecule has 0 aliphatic heterocycles. The van der Waals surface area contributed by atoms with Crippen LogP contribution in [0.15, 0.2) is 65.7 Å². The van der Waals surface area contributed by atoms with Gasteiger partial charge in [-0.05, 0) is 42.3 Å². The normalized spacial score (nSPS) is 10.7. The fourth-order valence-corrected chi connectivity index (χ4v) is 3.39. The van der Waals surface area contributed by atoms with Crippen molar-refractivity contribution in [2.45, 2.75) is 6.92 Å². The molecule has 0 saturated heterocycles. The highest BCUT2D eigenvalue weighted by molar-refractivity contribution is 5.89. The highest BCUT2D eigenvalue weighted by Gasteiger charge is 2.15. The van der Waals surface area contributed by atoms with Crippen LogP contribution in [-0.2, 0) is 0 Å². The number of para-hydroxylation sites is 1. The van der Waals surface area contributed by atoms with Gasteiger partial charge in [-0.15, -0.1) is 0 Å². The molecule has 136 valence electrons. The van der Waals surface area contributed by atoms with Crippen molar-refractivity contribution in [3.8, 4) is 22.9 Å². The van der Waals surface area contributed by atoms with Gasteiger partial charge >= 0.3 is 0 Å². The van der Waals surface area contributed by atoms with Crippen LogP contribution < -0.4 is 17.0 Å². The highest BCUT2D eigenvalue weighted by atomic mass is 16.1. The summed E-state index contributed by atoms with van der Waals surface area (Å²) in [4.78, 5) is 17.4. The van der Waals surface area contributed by atoms with E-state index in [-0.39, 0.29) is 11.2 Å². The third kappa shape index (κ3) is 2.58. The summed E-state index contributed by atoms with van der Waals surface area (Å²) in [6.07, 6.45) is 1.53. The summed E-state index contributed by atoms with van der Waals surface area (Å²) in [6.45, 7) is 1.92. The van der Waals surface area contributed by atoms with E-state index >= 15 is 0 Å². The summed E-state index contributed by atoms with van der Waals surface area (Å²) in [6, 6.07) is 18.3. The lowest BCUT2D eigenvalue weighted by molar-refractivity contribution is 0.953. The fourth-order valence-electron chi connectivity index (χ4n) is 3.39. The third-order valence-corrected chi connectivity index (χ3v) is 4.93. The maximum absolute atomic E-state index is 13.0. The molecule has 1 heterocycles. The Kier molecular flexibility index (Phi) is 4.06. The van der Waals surface area contributed by atoms with Crippen LogP contribution >= 0.6 is 0 Å². The molecule has 0 aliphatic carbocycles. The summed E-state index contributed by atoms with van der Waals surface area (Å²) in [5, 5.41) is 9.69. The van der Waals surface area contributed by atoms with E-state index in [1.54, 1.807) is 18.2 Å². The summed E-state index contributed by atoms with van der Waals surface area (Å²) >= 11 is 0. The number of nitriles is 1. The molecule has 4 rings (SSSR count). The Morgan fingerprint density at radius 2 is 1.75 bits per heavy atom. The van der Waals surface area contributed by atoms with Crippen molar-refractivity contribution in [3.05, 3.63) is 82.4 Å². The van der Waals surface area contributed by atoms with Crippen LogP contribution in [0, 0.1) is 18.3 Å². The largest absolute Gasteiger partial charge is 0.397 e. The van der Waals surface area contributed by atoms with E-state index in [4.69, 9.17) is 16.7 Å². The number of fused-ring (bicyclic) bond motifs is 1. The first-order chi connectivity index (χ1) is 13.5. The molecule has 4 aromatic rings. The maximum atomic E-state index is 13.0. The molecule has 0 saturated carbocycles. The van der Waals surface area contributed by atoms with E-state index in [2.05, 4.69) is 4.98 Å². The highest BCUT2D eigenvalue weighted by Crippen LogP contribution is 2.35. The van der Waals surface area contributed by atoms with Crippen molar-refractivity contribution in [3.63, 3.8) is 0 Å². The Bertz CT molecular complexity index is 1330. The number of benzene rings is 3. The molecular formula is C22H17N5O. The molecule has 1 aromatic heterocycles. The SMILES string of the molecule is Cc1c(-c2ccc(C#N)c(N)c2N)cccc1-n1cnc2ccccc2c1=O. The van der Waals surface area contributed by atoms with E-state index < -0.39 is 0 Å². The molecule has 6 nitrogen and oxygen atoms in total. The number of nitrogens with two attached hydrogens (primary N) is 2. The molecule has 0 atom stereocenters. The number of hydrogen-bond acceptors (Lipinski definition) is 5. The minimum Gasteiger partial charge on any atom is -0.397 e. The molecule has 0 amide bonds. The first-order valence-corrected chi connectivity index (χ1v) is 8.67. The van der Waals surface area contributed by atoms with Crippen LogP contribution in [0.3, 0.4) is 0 Å². The second kappa shape index (κ2) is 6.56. The lowest BCUT2D eigenvalue weighted by atomic mass is 9.95. The van der Waals surface area contributed by atoms with Crippen LogP contribution in [0.25, 0.3) is 27.7 Å². The quantitative estimate of drug-likeness (QED) is 0.528. The average molecular weight is 367 g/mol. The smallest absolute Gasteiger partial charge is 0.265 e. The Morgan fingerprint density at radius 3 is 2.54 bits per heavy atom. The van der Waals surface area contributed by atoms with Crippen molar-refractivity contribution in [2.24, 2.45) is 0 Å². The topological polar surface area (TPSA) is 111 Å². The Morgan fingerprint density at radius 1 is 0.964 bits per heavy atom. The molecule has 0 bridgehead atoms. The van der Waals surface area contributed by atoms with Crippen LogP contribution in [0.5, 0.6) is 0 Å². The van der Waals surface area contributed by atoms with Gasteiger partial charge in [0.25, 0.3) is 5.56 Å². The monoisotopic (exact) mass is 367 g/mol. The zero-order valence-corrected chi connectivity index (χ0v) is 15.2. The molecule has 0 aliphatic rings. The Balaban J connectivity index is 1.95. The summed E-state index contributed by atoms with van der Waals surface area (Å²) in [7, 11) is 0. The van der Waals surface area contributed by atoms with E-state index in [1.807, 2.05) is 49.4 Å². The molecular weight excluding hydrogens is 350 g/mol. The lowest BCUT2D eigenvalue weighted by Gasteiger charge is -2.16. The van der Waals surface area contributed by atoms with Gasteiger partial charge in [-0.2, -0.15) is 5.26 Å². The van der Waals surface area contributed by atoms with Crippen LogP contribution in [0.2, 0.25) is 0 Å². The molecule has 3 aromatic carbocycles. The van der Waals surface area contributed by atoms with Crippen molar-refractivity contribution in [1.29, 1.82) is 5.26 Å². The number of rotatable bonds is 2. The molecule has 0 unspecified atom stereocenters. The van der Waals surface area contributed by atoms with Crippen LogP contribution in [-0.4, -0.2) is 9.55 Å². The zero-order valence-electron chi connectivity index (χ0n) is 15.2. The van der Waals surface area contributed by atoms with E-state index in [1.165, 1.54) is 10.9 Å². The number of nitrogen functional groups attached to an aromatic ring is 2. The van der Waals surface area contributed by atoms with E-state index in [0.717, 1.165) is 16.7 Å². The zero-order chi connectivity index (χ0) is 19.8. The Labute approximate surface area is 161 Å². The number of anilines is 2. The maximum Gasteiger partial charge on any atom is 0.265 e. The number of nitrogens with zero attached hydrogens (tertiary/aromatic N) is 3.